The molecule has 0 radical (unpaired) electrons. The van der Waals surface area contributed by atoms with E-state index < -0.39 is 11.7 Å². The van der Waals surface area contributed by atoms with Crippen molar-refractivity contribution in [2.75, 3.05) is 0 Å². The highest BCUT2D eigenvalue weighted by Gasteiger charge is 2.27. The minimum absolute atomic E-state index is 0.00209. The number of fused-ring (bicyclic) bond motifs is 1. The molecule has 0 aliphatic carbocycles. The molecule has 110 valence electrons. The van der Waals surface area contributed by atoms with E-state index in [1.165, 1.54) is 12.1 Å². The van der Waals surface area contributed by atoms with Crippen LogP contribution in [0.5, 0.6) is 0 Å². The number of carbonyl (C=O) groups excluding carboxylic acids is 1. The zero-order valence-electron chi connectivity index (χ0n) is 11.6. The fourth-order valence-corrected chi connectivity index (χ4v) is 2.96. The number of nitrogens with zero attached hydrogens (tertiary/aromatic N) is 2. The van der Waals surface area contributed by atoms with Gasteiger partial charge in [0.15, 0.2) is 0 Å². The number of benzene rings is 1. The first kappa shape index (κ1) is 14.1. The summed E-state index contributed by atoms with van der Waals surface area (Å²) in [5.41, 5.74) is 7.88. The van der Waals surface area contributed by atoms with Crippen LogP contribution in [0, 0.1) is 11.7 Å². The van der Waals surface area contributed by atoms with Crippen molar-refractivity contribution in [2.24, 2.45) is 11.7 Å². The van der Waals surface area contributed by atoms with Gasteiger partial charge in [0.05, 0.1) is 16.3 Å². The SMILES string of the molecule is CC1CCc2c(C(N)=O)c(-c3ccc(F)c(Cl)c3)nn2C1. The number of hydrogen-bond acceptors (Lipinski definition) is 2. The van der Waals surface area contributed by atoms with Gasteiger partial charge >= 0.3 is 0 Å². The maximum atomic E-state index is 13.3. The molecule has 1 atom stereocenters. The van der Waals surface area contributed by atoms with Crippen LogP contribution in [0.4, 0.5) is 4.39 Å². The van der Waals surface area contributed by atoms with Gasteiger partial charge in [-0.05, 0) is 37.0 Å². The monoisotopic (exact) mass is 307 g/mol. The van der Waals surface area contributed by atoms with E-state index in [1.54, 1.807) is 6.07 Å². The quantitative estimate of drug-likeness (QED) is 0.927. The molecule has 1 aliphatic heterocycles. The van der Waals surface area contributed by atoms with Gasteiger partial charge in [-0.3, -0.25) is 9.48 Å². The van der Waals surface area contributed by atoms with Crippen LogP contribution in [0.25, 0.3) is 11.3 Å². The molecular formula is C15H15ClFN3O. The molecule has 1 aromatic heterocycles. The highest BCUT2D eigenvalue weighted by Crippen LogP contribution is 2.32. The van der Waals surface area contributed by atoms with Crippen LogP contribution in [0.15, 0.2) is 18.2 Å². The smallest absolute Gasteiger partial charge is 0.252 e. The molecule has 0 bridgehead atoms. The second-order valence-electron chi connectivity index (χ2n) is 5.49. The molecule has 2 aromatic rings. The number of carbonyl (C=O) groups is 1. The van der Waals surface area contributed by atoms with E-state index in [0.717, 1.165) is 25.1 Å². The van der Waals surface area contributed by atoms with E-state index >= 15 is 0 Å². The lowest BCUT2D eigenvalue weighted by Gasteiger charge is -2.20. The summed E-state index contributed by atoms with van der Waals surface area (Å²) in [5, 5.41) is 4.50. The van der Waals surface area contributed by atoms with Crippen LogP contribution in [-0.2, 0) is 13.0 Å². The van der Waals surface area contributed by atoms with Crippen LogP contribution >= 0.6 is 11.6 Å². The topological polar surface area (TPSA) is 60.9 Å². The zero-order valence-corrected chi connectivity index (χ0v) is 12.3. The molecule has 21 heavy (non-hydrogen) atoms. The van der Waals surface area contributed by atoms with Crippen molar-refractivity contribution in [3.8, 4) is 11.3 Å². The number of primary amides is 1. The van der Waals surface area contributed by atoms with Gasteiger partial charge in [0, 0.05) is 12.1 Å². The van der Waals surface area contributed by atoms with Gasteiger partial charge in [-0.1, -0.05) is 18.5 Å². The van der Waals surface area contributed by atoms with E-state index in [2.05, 4.69) is 12.0 Å². The zero-order chi connectivity index (χ0) is 15.1. The van der Waals surface area contributed by atoms with Gasteiger partial charge in [-0.2, -0.15) is 5.10 Å². The van der Waals surface area contributed by atoms with Gasteiger partial charge in [0.2, 0.25) is 0 Å². The maximum absolute atomic E-state index is 13.3. The Labute approximate surface area is 126 Å². The Morgan fingerprint density at radius 2 is 2.29 bits per heavy atom. The van der Waals surface area contributed by atoms with Crippen LogP contribution in [0.3, 0.4) is 0 Å². The first-order valence-electron chi connectivity index (χ1n) is 6.82. The third-order valence-corrected chi connectivity index (χ3v) is 4.15. The lowest BCUT2D eigenvalue weighted by Crippen LogP contribution is -2.21. The van der Waals surface area contributed by atoms with Gasteiger partial charge < -0.3 is 5.73 Å². The second kappa shape index (κ2) is 5.15. The maximum Gasteiger partial charge on any atom is 0.252 e. The first-order valence-corrected chi connectivity index (χ1v) is 7.20. The lowest BCUT2D eigenvalue weighted by atomic mass is 9.96. The van der Waals surface area contributed by atoms with Crippen molar-refractivity contribution >= 4 is 17.5 Å². The number of rotatable bonds is 2. The van der Waals surface area contributed by atoms with E-state index in [9.17, 15) is 9.18 Å². The van der Waals surface area contributed by atoms with Crippen LogP contribution in [-0.4, -0.2) is 15.7 Å². The Hall–Kier alpha value is -1.88. The molecule has 2 heterocycles. The summed E-state index contributed by atoms with van der Waals surface area (Å²) in [4.78, 5) is 11.8. The summed E-state index contributed by atoms with van der Waals surface area (Å²) < 4.78 is 15.1. The molecule has 3 rings (SSSR count). The molecule has 0 saturated carbocycles. The Balaban J connectivity index is 2.18. The van der Waals surface area contributed by atoms with E-state index in [0.29, 0.717) is 22.7 Å². The molecule has 6 heteroatoms. The van der Waals surface area contributed by atoms with Crippen molar-refractivity contribution in [1.29, 1.82) is 0 Å². The Kier molecular flexibility index (Phi) is 3.45. The average Bonchev–Trinajstić information content (AvgIpc) is 2.80. The molecule has 1 amide bonds. The van der Waals surface area contributed by atoms with Crippen LogP contribution in [0.1, 0.15) is 29.4 Å². The Morgan fingerprint density at radius 1 is 1.52 bits per heavy atom. The number of amides is 1. The summed E-state index contributed by atoms with van der Waals surface area (Å²) in [6.07, 6.45) is 1.76. The number of nitrogens with two attached hydrogens (primary N) is 1. The van der Waals surface area contributed by atoms with E-state index in [-0.39, 0.29) is 5.02 Å². The van der Waals surface area contributed by atoms with E-state index in [4.69, 9.17) is 17.3 Å². The van der Waals surface area contributed by atoms with Gasteiger partial charge in [-0.25, -0.2) is 4.39 Å². The standard InChI is InChI=1S/C15H15ClFN3O/c1-8-2-5-12-13(15(18)21)14(19-20(12)7-8)9-3-4-11(17)10(16)6-9/h3-4,6,8H,2,5,7H2,1H3,(H2,18,21). The summed E-state index contributed by atoms with van der Waals surface area (Å²) >= 11 is 5.82. The van der Waals surface area contributed by atoms with Crippen molar-refractivity contribution in [1.82, 2.24) is 9.78 Å². The van der Waals surface area contributed by atoms with Crippen molar-refractivity contribution in [2.45, 2.75) is 26.3 Å². The lowest BCUT2D eigenvalue weighted by molar-refractivity contribution is 0.0999. The van der Waals surface area contributed by atoms with Gasteiger partial charge in [-0.15, -0.1) is 0 Å². The number of halogens is 2. The molecule has 2 N–H and O–H groups in total. The molecule has 1 aliphatic rings. The third kappa shape index (κ3) is 2.42. The average molecular weight is 308 g/mol. The molecule has 1 aromatic carbocycles. The third-order valence-electron chi connectivity index (χ3n) is 3.86. The first-order chi connectivity index (χ1) is 9.97. The van der Waals surface area contributed by atoms with Crippen LogP contribution in [0.2, 0.25) is 5.02 Å². The highest BCUT2D eigenvalue weighted by atomic mass is 35.5. The van der Waals surface area contributed by atoms with E-state index in [1.807, 2.05) is 4.68 Å². The second-order valence-corrected chi connectivity index (χ2v) is 5.90. The Bertz CT molecular complexity index is 726. The largest absolute Gasteiger partial charge is 0.365 e. The molecule has 0 spiro atoms. The van der Waals surface area contributed by atoms with Crippen molar-refractivity contribution < 1.29 is 9.18 Å². The Morgan fingerprint density at radius 3 is 2.95 bits per heavy atom. The molecular weight excluding hydrogens is 293 g/mol. The predicted octanol–water partition coefficient (Wildman–Crippen LogP) is 3.02. The summed E-state index contributed by atoms with van der Waals surface area (Å²) in [7, 11) is 0. The summed E-state index contributed by atoms with van der Waals surface area (Å²) in [6.45, 7) is 2.90. The summed E-state index contributed by atoms with van der Waals surface area (Å²) in [6, 6.07) is 4.30. The normalized spacial score (nSPS) is 17.6. The highest BCUT2D eigenvalue weighted by molar-refractivity contribution is 6.31. The van der Waals surface area contributed by atoms with Crippen LogP contribution < -0.4 is 5.73 Å². The summed E-state index contributed by atoms with van der Waals surface area (Å²) in [5.74, 6) is -0.511. The van der Waals surface area contributed by atoms with Crippen molar-refractivity contribution in [3.63, 3.8) is 0 Å². The fourth-order valence-electron chi connectivity index (χ4n) is 2.78. The molecule has 4 nitrogen and oxygen atoms in total. The van der Waals surface area contributed by atoms with Gasteiger partial charge in [0.1, 0.15) is 11.5 Å². The molecule has 0 saturated heterocycles. The number of hydrogen-bond donors (Lipinski definition) is 1. The molecule has 1 unspecified atom stereocenters. The molecule has 0 fully saturated rings. The predicted molar refractivity (Wildman–Crippen MR) is 78.6 cm³/mol. The minimum atomic E-state index is -0.513. The van der Waals surface area contributed by atoms with Gasteiger partial charge in [0.25, 0.3) is 5.91 Å². The minimum Gasteiger partial charge on any atom is -0.365 e. The van der Waals surface area contributed by atoms with Crippen molar-refractivity contribution in [3.05, 3.63) is 40.3 Å². The number of aromatic nitrogens is 2. The fraction of sp³-hybridized carbons (Fsp3) is 0.333.